The monoisotopic (exact) mass is 342 g/mol. The van der Waals surface area contributed by atoms with Crippen LogP contribution in [0.15, 0.2) is 29.2 Å². The summed E-state index contributed by atoms with van der Waals surface area (Å²) in [5, 5.41) is 0.526. The van der Waals surface area contributed by atoms with Crippen LogP contribution < -0.4 is 11.3 Å². The summed E-state index contributed by atoms with van der Waals surface area (Å²) in [4.78, 5) is 19.1. The Kier molecular flexibility index (Phi) is 5.81. The fourth-order valence-corrected chi connectivity index (χ4v) is 3.11. The first-order valence-corrected chi connectivity index (χ1v) is 7.67. The van der Waals surface area contributed by atoms with Crippen molar-refractivity contribution in [1.82, 2.24) is 14.3 Å². The molecule has 1 aliphatic rings. The molecule has 7 heteroatoms. The molecule has 1 aliphatic heterocycles. The van der Waals surface area contributed by atoms with Crippen LogP contribution in [0.2, 0.25) is 5.02 Å². The van der Waals surface area contributed by atoms with E-state index in [1.807, 2.05) is 0 Å². The molecule has 3 rings (SSSR count). The minimum Gasteiger partial charge on any atom is -0.329 e. The molecule has 0 radical (unpaired) electrons. The summed E-state index contributed by atoms with van der Waals surface area (Å²) in [5.41, 5.74) is 7.17. The lowest BCUT2D eigenvalue weighted by Gasteiger charge is -2.34. The Labute approximate surface area is 140 Å². The van der Waals surface area contributed by atoms with Crippen molar-refractivity contribution < 1.29 is 0 Å². The van der Waals surface area contributed by atoms with Gasteiger partial charge in [-0.2, -0.15) is 0 Å². The van der Waals surface area contributed by atoms with Gasteiger partial charge in [-0.15, -0.1) is 12.4 Å². The SMILES string of the molecule is Cl.NCC1CCCCN1Cc1cc(=O)n2cc(Cl)ccc2n1. The summed E-state index contributed by atoms with van der Waals surface area (Å²) in [5.74, 6) is 0. The average molecular weight is 343 g/mol. The number of pyridine rings is 1. The van der Waals surface area contributed by atoms with Crippen molar-refractivity contribution in [3.05, 3.63) is 45.5 Å². The summed E-state index contributed by atoms with van der Waals surface area (Å²) in [7, 11) is 0. The molecular formula is C15H20Cl2N4O. The zero-order valence-electron chi connectivity index (χ0n) is 12.2. The van der Waals surface area contributed by atoms with Crippen LogP contribution in [0.1, 0.15) is 25.0 Å². The molecule has 1 saturated heterocycles. The third-order valence-electron chi connectivity index (χ3n) is 4.06. The summed E-state index contributed by atoms with van der Waals surface area (Å²) >= 11 is 5.91. The van der Waals surface area contributed by atoms with Gasteiger partial charge in [0.15, 0.2) is 0 Å². The van der Waals surface area contributed by atoms with Crippen molar-refractivity contribution in [3.8, 4) is 0 Å². The van der Waals surface area contributed by atoms with Crippen molar-refractivity contribution >= 4 is 29.7 Å². The summed E-state index contributed by atoms with van der Waals surface area (Å²) in [6, 6.07) is 5.50. The molecule has 0 amide bonds. The molecule has 2 aromatic heterocycles. The Balaban J connectivity index is 0.00000176. The van der Waals surface area contributed by atoms with Crippen molar-refractivity contribution in [2.45, 2.75) is 31.8 Å². The summed E-state index contributed by atoms with van der Waals surface area (Å²) in [6.45, 7) is 2.35. The van der Waals surface area contributed by atoms with Crippen molar-refractivity contribution in [2.24, 2.45) is 5.73 Å². The predicted molar refractivity (Wildman–Crippen MR) is 90.8 cm³/mol. The van der Waals surface area contributed by atoms with Crippen LogP contribution in [0.3, 0.4) is 0 Å². The van der Waals surface area contributed by atoms with Gasteiger partial charge in [-0.1, -0.05) is 18.0 Å². The third-order valence-corrected chi connectivity index (χ3v) is 4.29. The third kappa shape index (κ3) is 3.60. The Morgan fingerprint density at radius 1 is 1.36 bits per heavy atom. The number of nitrogens with zero attached hydrogens (tertiary/aromatic N) is 3. The maximum Gasteiger partial charge on any atom is 0.258 e. The van der Waals surface area contributed by atoms with Gasteiger partial charge in [0.05, 0.1) is 10.7 Å². The van der Waals surface area contributed by atoms with Crippen molar-refractivity contribution in [3.63, 3.8) is 0 Å². The van der Waals surface area contributed by atoms with E-state index in [-0.39, 0.29) is 18.0 Å². The Morgan fingerprint density at radius 2 is 2.18 bits per heavy atom. The number of halogens is 2. The molecule has 2 aromatic rings. The zero-order chi connectivity index (χ0) is 14.8. The minimum atomic E-state index is -0.0983. The van der Waals surface area contributed by atoms with Crippen LogP contribution in [0.5, 0.6) is 0 Å². The molecule has 120 valence electrons. The van der Waals surface area contributed by atoms with E-state index in [2.05, 4.69) is 9.88 Å². The molecule has 1 unspecified atom stereocenters. The quantitative estimate of drug-likeness (QED) is 0.927. The molecule has 3 heterocycles. The predicted octanol–water partition coefficient (Wildman–Crippen LogP) is 2.08. The van der Waals surface area contributed by atoms with E-state index < -0.39 is 0 Å². The standard InChI is InChI=1S/C15H19ClN4O.ClH/c16-11-4-5-14-18-12(7-15(21)20(14)9-11)10-19-6-2-1-3-13(19)8-17;/h4-5,7,9,13H,1-3,6,8,10,17H2;1H. The maximum absolute atomic E-state index is 12.2. The fourth-order valence-electron chi connectivity index (χ4n) is 2.95. The second kappa shape index (κ2) is 7.42. The molecule has 1 atom stereocenters. The van der Waals surface area contributed by atoms with Crippen LogP contribution in [0.4, 0.5) is 0 Å². The number of piperidine rings is 1. The van der Waals surface area contributed by atoms with Gasteiger partial charge in [-0.05, 0) is 31.5 Å². The van der Waals surface area contributed by atoms with Crippen LogP contribution in [0, 0.1) is 0 Å². The molecule has 22 heavy (non-hydrogen) atoms. The first kappa shape index (κ1) is 17.2. The van der Waals surface area contributed by atoms with E-state index in [1.54, 1.807) is 24.4 Å². The smallest absolute Gasteiger partial charge is 0.258 e. The molecule has 0 saturated carbocycles. The number of hydrogen-bond donors (Lipinski definition) is 1. The van der Waals surface area contributed by atoms with Gasteiger partial charge in [-0.3, -0.25) is 14.1 Å². The Hall–Kier alpha value is -1.14. The molecule has 0 spiro atoms. The normalized spacial score (nSPS) is 19.1. The number of nitrogens with two attached hydrogens (primary N) is 1. The fraction of sp³-hybridized carbons (Fsp3) is 0.467. The summed E-state index contributed by atoms with van der Waals surface area (Å²) < 4.78 is 1.47. The second-order valence-corrected chi connectivity index (χ2v) is 5.95. The first-order chi connectivity index (χ1) is 10.2. The van der Waals surface area contributed by atoms with Gasteiger partial charge in [-0.25, -0.2) is 4.98 Å². The van der Waals surface area contributed by atoms with Crippen LogP contribution in [-0.4, -0.2) is 33.4 Å². The molecule has 0 bridgehead atoms. The topological polar surface area (TPSA) is 63.6 Å². The number of aromatic nitrogens is 2. The Morgan fingerprint density at radius 3 is 2.95 bits per heavy atom. The highest BCUT2D eigenvalue weighted by Crippen LogP contribution is 2.18. The lowest BCUT2D eigenvalue weighted by molar-refractivity contribution is 0.143. The van der Waals surface area contributed by atoms with Gasteiger partial charge in [0.2, 0.25) is 0 Å². The van der Waals surface area contributed by atoms with E-state index in [1.165, 1.54) is 17.2 Å². The van der Waals surface area contributed by atoms with E-state index in [4.69, 9.17) is 17.3 Å². The number of rotatable bonds is 3. The van der Waals surface area contributed by atoms with E-state index in [0.29, 0.717) is 29.8 Å². The lowest BCUT2D eigenvalue weighted by Crippen LogP contribution is -2.43. The minimum absolute atomic E-state index is 0. The zero-order valence-corrected chi connectivity index (χ0v) is 13.8. The van der Waals surface area contributed by atoms with Crippen LogP contribution in [0.25, 0.3) is 5.65 Å². The van der Waals surface area contributed by atoms with Gasteiger partial charge < -0.3 is 5.73 Å². The molecule has 2 N–H and O–H groups in total. The molecule has 1 fully saturated rings. The van der Waals surface area contributed by atoms with Gasteiger partial charge in [0, 0.05) is 31.4 Å². The number of fused-ring (bicyclic) bond motifs is 1. The second-order valence-electron chi connectivity index (χ2n) is 5.52. The lowest BCUT2D eigenvalue weighted by atomic mass is 10.0. The molecule has 5 nitrogen and oxygen atoms in total. The van der Waals surface area contributed by atoms with Crippen LogP contribution in [-0.2, 0) is 6.54 Å². The van der Waals surface area contributed by atoms with Gasteiger partial charge in [0.25, 0.3) is 5.56 Å². The molecular weight excluding hydrogens is 323 g/mol. The number of likely N-dealkylation sites (tertiary alicyclic amines) is 1. The van der Waals surface area contributed by atoms with E-state index >= 15 is 0 Å². The average Bonchev–Trinajstić information content (AvgIpc) is 2.49. The van der Waals surface area contributed by atoms with Crippen molar-refractivity contribution in [2.75, 3.05) is 13.1 Å². The highest BCUT2D eigenvalue weighted by molar-refractivity contribution is 6.30. The largest absolute Gasteiger partial charge is 0.329 e. The van der Waals surface area contributed by atoms with Crippen LogP contribution >= 0.6 is 24.0 Å². The number of hydrogen-bond acceptors (Lipinski definition) is 4. The van der Waals surface area contributed by atoms with Crippen molar-refractivity contribution in [1.29, 1.82) is 0 Å². The maximum atomic E-state index is 12.2. The van der Waals surface area contributed by atoms with E-state index in [0.717, 1.165) is 18.7 Å². The first-order valence-electron chi connectivity index (χ1n) is 7.29. The summed E-state index contributed by atoms with van der Waals surface area (Å²) in [6.07, 6.45) is 5.13. The van der Waals surface area contributed by atoms with E-state index in [9.17, 15) is 4.79 Å². The highest BCUT2D eigenvalue weighted by atomic mass is 35.5. The Bertz CT molecular complexity index is 703. The van der Waals surface area contributed by atoms with Gasteiger partial charge in [0.1, 0.15) is 5.65 Å². The molecule has 0 aromatic carbocycles. The highest BCUT2D eigenvalue weighted by Gasteiger charge is 2.21. The molecule has 0 aliphatic carbocycles. The van der Waals surface area contributed by atoms with Gasteiger partial charge >= 0.3 is 0 Å².